The van der Waals surface area contributed by atoms with Crippen LogP contribution < -0.4 is 0 Å². The maximum Gasteiger partial charge on any atom is 0.157 e. The maximum absolute atomic E-state index is 5.72. The van der Waals surface area contributed by atoms with Gasteiger partial charge in [-0.2, -0.15) is 5.10 Å². The van der Waals surface area contributed by atoms with Crippen molar-refractivity contribution in [3.8, 4) is 0 Å². The third-order valence-electron chi connectivity index (χ3n) is 1.60. The summed E-state index contributed by atoms with van der Waals surface area (Å²) in [7, 11) is 0. The third-order valence-corrected chi connectivity index (χ3v) is 1.79. The molecule has 0 aliphatic carbocycles. The molecule has 0 saturated heterocycles. The fourth-order valence-electron chi connectivity index (χ4n) is 1.05. The zero-order chi connectivity index (χ0) is 7.84. The van der Waals surface area contributed by atoms with Crippen LogP contribution in [0.15, 0.2) is 12.3 Å². The maximum atomic E-state index is 5.72. The molecule has 2 rings (SSSR count). The van der Waals surface area contributed by atoms with E-state index in [1.165, 1.54) is 0 Å². The number of nitrogens with zero attached hydrogens (tertiary/aromatic N) is 2. The van der Waals surface area contributed by atoms with Gasteiger partial charge in [-0.15, -0.1) is 0 Å². The molecular weight excluding hydrogens is 162 g/mol. The van der Waals surface area contributed by atoms with Gasteiger partial charge in [-0.05, 0) is 18.6 Å². The van der Waals surface area contributed by atoms with E-state index in [2.05, 4.69) is 15.2 Å². The Bertz CT molecular complexity index is 393. The normalized spacial score (nSPS) is 10.7. The number of nitrogens with one attached hydrogen (secondary N) is 1. The summed E-state index contributed by atoms with van der Waals surface area (Å²) in [4.78, 5) is 4.04. The molecule has 1 N–H and O–H groups in total. The second-order valence-corrected chi connectivity index (χ2v) is 2.78. The first-order valence-corrected chi connectivity index (χ1v) is 3.61. The van der Waals surface area contributed by atoms with Gasteiger partial charge in [0.05, 0.1) is 6.20 Å². The number of rotatable bonds is 0. The second-order valence-electron chi connectivity index (χ2n) is 2.39. The highest BCUT2D eigenvalue weighted by Gasteiger charge is 2.01. The minimum Gasteiger partial charge on any atom is -0.261 e. The minimum absolute atomic E-state index is 0.499. The Kier molecular flexibility index (Phi) is 1.32. The predicted molar refractivity (Wildman–Crippen MR) is 43.6 cm³/mol. The molecule has 0 aliphatic heterocycles. The van der Waals surface area contributed by atoms with Gasteiger partial charge in [0, 0.05) is 5.39 Å². The van der Waals surface area contributed by atoms with E-state index in [9.17, 15) is 0 Å². The quantitative estimate of drug-likeness (QED) is 0.609. The summed E-state index contributed by atoms with van der Waals surface area (Å²) in [5.41, 5.74) is 1.84. The zero-order valence-electron chi connectivity index (χ0n) is 5.93. The lowest BCUT2D eigenvalue weighted by Gasteiger charge is -1.93. The number of halogens is 1. The van der Waals surface area contributed by atoms with E-state index in [0.717, 1.165) is 16.6 Å². The molecule has 0 aliphatic rings. The van der Waals surface area contributed by atoms with E-state index in [1.54, 1.807) is 6.20 Å². The molecule has 0 aromatic carbocycles. The topological polar surface area (TPSA) is 41.6 Å². The van der Waals surface area contributed by atoms with E-state index in [4.69, 9.17) is 11.6 Å². The summed E-state index contributed by atoms with van der Waals surface area (Å²) in [6, 6.07) is 1.82. The van der Waals surface area contributed by atoms with Crippen LogP contribution in [0.3, 0.4) is 0 Å². The number of hydrogen-bond acceptors (Lipinski definition) is 2. The molecular formula is C7H6ClN3. The van der Waals surface area contributed by atoms with Gasteiger partial charge in [0.25, 0.3) is 0 Å². The molecule has 0 radical (unpaired) electrons. The number of aromatic nitrogens is 3. The lowest BCUT2D eigenvalue weighted by molar-refractivity contribution is 1.10. The predicted octanol–water partition coefficient (Wildman–Crippen LogP) is 1.92. The van der Waals surface area contributed by atoms with Crippen molar-refractivity contribution in [1.82, 2.24) is 15.2 Å². The van der Waals surface area contributed by atoms with Crippen LogP contribution in [0.1, 0.15) is 5.56 Å². The smallest absolute Gasteiger partial charge is 0.157 e. The first kappa shape index (κ1) is 6.61. The van der Waals surface area contributed by atoms with Crippen molar-refractivity contribution < 1.29 is 0 Å². The highest BCUT2D eigenvalue weighted by atomic mass is 35.5. The lowest BCUT2D eigenvalue weighted by atomic mass is 10.2. The number of aryl methyl sites for hydroxylation is 1. The van der Waals surface area contributed by atoms with Crippen LogP contribution in [0.25, 0.3) is 11.0 Å². The molecule has 2 aromatic heterocycles. The van der Waals surface area contributed by atoms with Crippen LogP contribution in [0.4, 0.5) is 0 Å². The number of H-pyrrole nitrogens is 1. The molecule has 0 saturated carbocycles. The summed E-state index contributed by atoms with van der Waals surface area (Å²) < 4.78 is 0. The first-order chi connectivity index (χ1) is 5.27. The molecule has 0 unspecified atom stereocenters. The number of pyridine rings is 1. The van der Waals surface area contributed by atoms with Gasteiger partial charge >= 0.3 is 0 Å². The standard InChI is InChI=1S/C7H6ClN3/c1-4-2-6(8)10-7-5(4)3-9-11-7/h2-3H,1H3,(H,9,10,11). The molecule has 3 nitrogen and oxygen atoms in total. The fraction of sp³-hybridized carbons (Fsp3) is 0.143. The number of hydrogen-bond donors (Lipinski definition) is 1. The van der Waals surface area contributed by atoms with Crippen molar-refractivity contribution in [2.75, 3.05) is 0 Å². The molecule has 2 heterocycles. The van der Waals surface area contributed by atoms with Crippen LogP contribution in [-0.4, -0.2) is 15.2 Å². The van der Waals surface area contributed by atoms with Crippen molar-refractivity contribution in [3.63, 3.8) is 0 Å². The van der Waals surface area contributed by atoms with E-state index < -0.39 is 0 Å². The van der Waals surface area contributed by atoms with Gasteiger partial charge in [-0.1, -0.05) is 11.6 Å². The van der Waals surface area contributed by atoms with Gasteiger partial charge in [0.2, 0.25) is 0 Å². The molecule has 0 spiro atoms. The summed E-state index contributed by atoms with van der Waals surface area (Å²) in [6.45, 7) is 1.98. The van der Waals surface area contributed by atoms with Crippen molar-refractivity contribution in [3.05, 3.63) is 23.0 Å². The Morgan fingerprint density at radius 1 is 1.55 bits per heavy atom. The van der Waals surface area contributed by atoms with Crippen LogP contribution in [0.2, 0.25) is 5.15 Å². The zero-order valence-corrected chi connectivity index (χ0v) is 6.68. The van der Waals surface area contributed by atoms with Gasteiger partial charge in [0.15, 0.2) is 5.65 Å². The van der Waals surface area contributed by atoms with Crippen LogP contribution in [0, 0.1) is 6.92 Å². The number of fused-ring (bicyclic) bond motifs is 1. The second kappa shape index (κ2) is 2.20. The van der Waals surface area contributed by atoms with Crippen LogP contribution in [-0.2, 0) is 0 Å². The van der Waals surface area contributed by atoms with E-state index in [0.29, 0.717) is 5.15 Å². The van der Waals surface area contributed by atoms with Gasteiger partial charge in [-0.3, -0.25) is 5.10 Å². The molecule has 0 amide bonds. The highest BCUT2D eigenvalue weighted by molar-refractivity contribution is 6.29. The summed E-state index contributed by atoms with van der Waals surface area (Å²) in [6.07, 6.45) is 1.74. The van der Waals surface area contributed by atoms with Crippen molar-refractivity contribution in [2.45, 2.75) is 6.92 Å². The minimum atomic E-state index is 0.499. The highest BCUT2D eigenvalue weighted by Crippen LogP contribution is 2.17. The van der Waals surface area contributed by atoms with Gasteiger partial charge in [-0.25, -0.2) is 4.98 Å². The Labute approximate surface area is 68.4 Å². The molecule has 4 heteroatoms. The van der Waals surface area contributed by atoms with E-state index in [1.807, 2.05) is 13.0 Å². The molecule has 56 valence electrons. The van der Waals surface area contributed by atoms with Gasteiger partial charge < -0.3 is 0 Å². The molecule has 0 bridgehead atoms. The van der Waals surface area contributed by atoms with Crippen molar-refractivity contribution in [2.24, 2.45) is 0 Å². The summed E-state index contributed by atoms with van der Waals surface area (Å²) in [5.74, 6) is 0. The average molecular weight is 168 g/mol. The SMILES string of the molecule is Cc1cc(Cl)nc2[nH]ncc12. The monoisotopic (exact) mass is 167 g/mol. The molecule has 0 fully saturated rings. The van der Waals surface area contributed by atoms with Crippen LogP contribution in [0.5, 0.6) is 0 Å². The van der Waals surface area contributed by atoms with Crippen LogP contribution >= 0.6 is 11.6 Å². The lowest BCUT2D eigenvalue weighted by Crippen LogP contribution is -1.80. The van der Waals surface area contributed by atoms with Crippen molar-refractivity contribution >= 4 is 22.6 Å². The summed E-state index contributed by atoms with van der Waals surface area (Å²) >= 11 is 5.72. The van der Waals surface area contributed by atoms with E-state index in [-0.39, 0.29) is 0 Å². The third kappa shape index (κ3) is 0.973. The molecule has 11 heavy (non-hydrogen) atoms. The largest absolute Gasteiger partial charge is 0.261 e. The number of aromatic amines is 1. The Morgan fingerprint density at radius 2 is 2.36 bits per heavy atom. The molecule has 2 aromatic rings. The fourth-order valence-corrected chi connectivity index (χ4v) is 1.30. The first-order valence-electron chi connectivity index (χ1n) is 3.23. The Balaban J connectivity index is 2.91. The summed E-state index contributed by atoms with van der Waals surface area (Å²) in [5, 5.41) is 8.13. The average Bonchev–Trinajstić information content (AvgIpc) is 2.34. The molecule has 0 atom stereocenters. The Morgan fingerprint density at radius 3 is 3.18 bits per heavy atom. The van der Waals surface area contributed by atoms with E-state index >= 15 is 0 Å². The Hall–Kier alpha value is -1.09. The van der Waals surface area contributed by atoms with Gasteiger partial charge in [0.1, 0.15) is 5.15 Å². The van der Waals surface area contributed by atoms with Crippen molar-refractivity contribution in [1.29, 1.82) is 0 Å².